The van der Waals surface area contributed by atoms with Crippen molar-refractivity contribution in [1.29, 1.82) is 0 Å². The third-order valence-electron chi connectivity index (χ3n) is 5.35. The van der Waals surface area contributed by atoms with Gasteiger partial charge in [-0.05, 0) is 76.2 Å². The van der Waals surface area contributed by atoms with Crippen LogP contribution in [0.1, 0.15) is 33.9 Å². The summed E-state index contributed by atoms with van der Waals surface area (Å²) < 4.78 is 83.0. The predicted octanol–water partition coefficient (Wildman–Crippen LogP) is 7.74. The molecule has 0 bridgehead atoms. The molecule has 0 saturated carbocycles. The molecule has 6 nitrogen and oxygen atoms in total. The van der Waals surface area contributed by atoms with Gasteiger partial charge >= 0.3 is 12.4 Å². The summed E-state index contributed by atoms with van der Waals surface area (Å²) in [5.41, 5.74) is 0.662. The lowest BCUT2D eigenvalue weighted by Gasteiger charge is -2.13. The van der Waals surface area contributed by atoms with Crippen molar-refractivity contribution in [1.82, 2.24) is 19.6 Å². The van der Waals surface area contributed by atoms with Crippen LogP contribution in [0.5, 0.6) is 0 Å². The van der Waals surface area contributed by atoms with Gasteiger partial charge in [0.1, 0.15) is 11.4 Å². The highest BCUT2D eigenvalue weighted by molar-refractivity contribution is 5.62. The molecule has 12 heteroatoms. The van der Waals surface area contributed by atoms with Crippen LogP contribution in [0.25, 0.3) is 11.4 Å². The second kappa shape index (κ2) is 8.92. The first-order valence-corrected chi connectivity index (χ1v) is 10.7. The Hall–Kier alpha value is -3.96. The number of hydrogen-bond acceptors (Lipinski definition) is 4. The van der Waals surface area contributed by atoms with E-state index in [4.69, 9.17) is 0 Å². The summed E-state index contributed by atoms with van der Waals surface area (Å²) >= 11 is 0. The number of benzene rings is 2. The lowest BCUT2D eigenvalue weighted by molar-refractivity contribution is -0.138. The standard InChI is InChI=1S/C24H20F6N6/c1-13-9-15(3)35(33-13)21-11-17(23(25,26)27)5-7-19(21)31-32-20-8-6-18(24(28,29)30)12-22(20)36-16(4)10-14(2)34-36/h5-12H,1-4H3. The molecular weight excluding hydrogens is 486 g/mol. The van der Waals surface area contributed by atoms with Gasteiger partial charge < -0.3 is 0 Å². The Morgan fingerprint density at radius 3 is 1.22 bits per heavy atom. The van der Waals surface area contributed by atoms with Gasteiger partial charge in [-0.2, -0.15) is 36.5 Å². The topological polar surface area (TPSA) is 60.4 Å². The van der Waals surface area contributed by atoms with Crippen molar-refractivity contribution in [3.8, 4) is 11.4 Å². The molecule has 0 radical (unpaired) electrons. The number of azo groups is 1. The quantitative estimate of drug-likeness (QED) is 0.210. The second-order valence-electron chi connectivity index (χ2n) is 8.28. The Bertz CT molecular complexity index is 1350. The van der Waals surface area contributed by atoms with Crippen molar-refractivity contribution < 1.29 is 26.3 Å². The van der Waals surface area contributed by atoms with Gasteiger partial charge in [0.05, 0.1) is 33.9 Å². The fourth-order valence-corrected chi connectivity index (χ4v) is 3.76. The molecule has 0 aliphatic carbocycles. The molecule has 36 heavy (non-hydrogen) atoms. The van der Waals surface area contributed by atoms with Crippen LogP contribution in [-0.4, -0.2) is 19.6 Å². The van der Waals surface area contributed by atoms with Crippen LogP contribution in [0.2, 0.25) is 0 Å². The molecule has 4 aromatic rings. The van der Waals surface area contributed by atoms with Crippen molar-refractivity contribution in [3.63, 3.8) is 0 Å². The molecule has 0 atom stereocenters. The normalized spacial score (nSPS) is 12.6. The summed E-state index contributed by atoms with van der Waals surface area (Å²) in [6, 6.07) is 9.20. The van der Waals surface area contributed by atoms with Gasteiger partial charge in [-0.1, -0.05) is 0 Å². The van der Waals surface area contributed by atoms with Crippen molar-refractivity contribution in [3.05, 3.63) is 82.4 Å². The highest BCUT2D eigenvalue weighted by atomic mass is 19.4. The van der Waals surface area contributed by atoms with Crippen LogP contribution < -0.4 is 0 Å². The highest BCUT2D eigenvalue weighted by Crippen LogP contribution is 2.38. The number of aryl methyl sites for hydroxylation is 4. The number of hydrogen-bond donors (Lipinski definition) is 0. The van der Waals surface area contributed by atoms with E-state index in [1.165, 1.54) is 9.36 Å². The SMILES string of the molecule is Cc1cc(C)n(-c2cc(C(F)(F)F)ccc2N=Nc2ccc(C(F)(F)F)cc2-n2nc(C)cc2C)n1. The molecule has 2 aromatic heterocycles. The van der Waals surface area contributed by atoms with Gasteiger partial charge in [0.2, 0.25) is 0 Å². The lowest BCUT2D eigenvalue weighted by atomic mass is 10.1. The van der Waals surface area contributed by atoms with Gasteiger partial charge in [0.15, 0.2) is 0 Å². The molecule has 188 valence electrons. The minimum Gasteiger partial charge on any atom is -0.236 e. The maximum atomic E-state index is 13.4. The van der Waals surface area contributed by atoms with Crippen molar-refractivity contribution in [2.24, 2.45) is 10.2 Å². The molecule has 2 heterocycles. The molecule has 0 saturated heterocycles. The molecule has 0 amide bonds. The Morgan fingerprint density at radius 1 is 0.583 bits per heavy atom. The minimum atomic E-state index is -4.60. The zero-order valence-electron chi connectivity index (χ0n) is 19.6. The molecule has 0 spiro atoms. The Kier molecular flexibility index (Phi) is 6.23. The predicted molar refractivity (Wildman–Crippen MR) is 120 cm³/mol. The molecule has 0 aliphatic heterocycles. The zero-order valence-corrected chi connectivity index (χ0v) is 19.6. The molecular formula is C24H20F6N6. The van der Waals surface area contributed by atoms with E-state index in [9.17, 15) is 26.3 Å². The minimum absolute atomic E-state index is 0.0266. The number of halogens is 6. The summed E-state index contributed by atoms with van der Waals surface area (Å²) in [5.74, 6) is 0. The van der Waals surface area contributed by atoms with Gasteiger partial charge in [0, 0.05) is 11.4 Å². The van der Waals surface area contributed by atoms with Crippen molar-refractivity contribution in [2.45, 2.75) is 40.0 Å². The third-order valence-corrected chi connectivity index (χ3v) is 5.35. The van der Waals surface area contributed by atoms with Gasteiger partial charge in [-0.3, -0.25) is 0 Å². The van der Waals surface area contributed by atoms with Crippen LogP contribution in [0.3, 0.4) is 0 Å². The van der Waals surface area contributed by atoms with E-state index in [2.05, 4.69) is 20.4 Å². The number of rotatable bonds is 4. The van der Waals surface area contributed by atoms with Gasteiger partial charge in [-0.15, -0.1) is 10.2 Å². The fourth-order valence-electron chi connectivity index (χ4n) is 3.76. The van der Waals surface area contributed by atoms with Gasteiger partial charge in [-0.25, -0.2) is 9.36 Å². The number of alkyl halides is 6. The van der Waals surface area contributed by atoms with Crippen LogP contribution in [0, 0.1) is 27.7 Å². The molecule has 2 aromatic carbocycles. The maximum Gasteiger partial charge on any atom is 0.416 e. The Morgan fingerprint density at radius 2 is 0.944 bits per heavy atom. The first-order valence-electron chi connectivity index (χ1n) is 10.7. The van der Waals surface area contributed by atoms with Crippen LogP contribution >= 0.6 is 0 Å². The summed E-state index contributed by atoms with van der Waals surface area (Å²) in [5, 5.41) is 16.7. The molecule has 4 rings (SSSR count). The van der Waals surface area contributed by atoms with Crippen molar-refractivity contribution in [2.75, 3.05) is 0 Å². The lowest BCUT2D eigenvalue weighted by Crippen LogP contribution is -2.08. The smallest absolute Gasteiger partial charge is 0.236 e. The first kappa shape index (κ1) is 25.1. The summed E-state index contributed by atoms with van der Waals surface area (Å²) in [7, 11) is 0. The van der Waals surface area contributed by atoms with Crippen LogP contribution in [0.15, 0.2) is 58.8 Å². The third kappa shape index (κ3) is 5.02. The van der Waals surface area contributed by atoms with E-state index in [1.54, 1.807) is 39.8 Å². The van der Waals surface area contributed by atoms with E-state index in [-0.39, 0.29) is 22.7 Å². The van der Waals surface area contributed by atoms with E-state index in [0.29, 0.717) is 22.8 Å². The first-order chi connectivity index (χ1) is 16.7. The molecule has 0 aliphatic rings. The second-order valence-corrected chi connectivity index (χ2v) is 8.28. The summed E-state index contributed by atoms with van der Waals surface area (Å²) in [4.78, 5) is 0. The summed E-state index contributed by atoms with van der Waals surface area (Å²) in [6.45, 7) is 6.75. The maximum absolute atomic E-state index is 13.4. The van der Waals surface area contributed by atoms with E-state index in [1.807, 2.05) is 0 Å². The van der Waals surface area contributed by atoms with E-state index >= 15 is 0 Å². The van der Waals surface area contributed by atoms with E-state index in [0.717, 1.165) is 36.4 Å². The van der Waals surface area contributed by atoms with E-state index < -0.39 is 23.5 Å². The average molecular weight is 506 g/mol. The Balaban J connectivity index is 1.87. The average Bonchev–Trinajstić information content (AvgIpc) is 3.29. The van der Waals surface area contributed by atoms with Crippen LogP contribution in [0.4, 0.5) is 37.7 Å². The highest BCUT2D eigenvalue weighted by Gasteiger charge is 2.32. The fraction of sp³-hybridized carbons (Fsp3) is 0.250. The monoisotopic (exact) mass is 506 g/mol. The van der Waals surface area contributed by atoms with Gasteiger partial charge in [0.25, 0.3) is 0 Å². The van der Waals surface area contributed by atoms with Crippen LogP contribution in [-0.2, 0) is 12.4 Å². The molecule has 0 unspecified atom stereocenters. The largest absolute Gasteiger partial charge is 0.416 e. The Labute approximate surface area is 201 Å². The number of nitrogens with zero attached hydrogens (tertiary/aromatic N) is 6. The van der Waals surface area contributed by atoms with Crippen molar-refractivity contribution >= 4 is 11.4 Å². The zero-order chi connectivity index (χ0) is 26.4. The summed E-state index contributed by atoms with van der Waals surface area (Å²) in [6.07, 6.45) is -9.20. The molecule has 0 fully saturated rings. The number of aromatic nitrogens is 4. The molecule has 0 N–H and O–H groups in total.